The zero-order valence-electron chi connectivity index (χ0n) is 17.4. The minimum Gasteiger partial charge on any atom is -0.357 e. The Balaban J connectivity index is 0.00000300. The van der Waals surface area contributed by atoms with Gasteiger partial charge in [-0.15, -0.1) is 24.0 Å². The van der Waals surface area contributed by atoms with Gasteiger partial charge < -0.3 is 15.2 Å². The Labute approximate surface area is 195 Å². The molecule has 0 amide bonds. The topological polar surface area (TPSA) is 75.3 Å². The predicted octanol–water partition coefficient (Wildman–Crippen LogP) is 4.68. The van der Waals surface area contributed by atoms with Crippen LogP contribution in [0.5, 0.6) is 0 Å². The monoisotopic (exact) mass is 531 g/mol. The van der Waals surface area contributed by atoms with Gasteiger partial charge in [0.1, 0.15) is 0 Å². The van der Waals surface area contributed by atoms with Crippen molar-refractivity contribution in [2.45, 2.75) is 57.8 Å². The Morgan fingerprint density at radius 3 is 2.72 bits per heavy atom. The summed E-state index contributed by atoms with van der Waals surface area (Å²) in [6.45, 7) is 8.60. The van der Waals surface area contributed by atoms with Gasteiger partial charge in [-0.3, -0.25) is 4.99 Å². The molecule has 1 fully saturated rings. The maximum atomic E-state index is 6.17. The van der Waals surface area contributed by atoms with Crippen molar-refractivity contribution in [3.8, 4) is 0 Å². The highest BCUT2D eigenvalue weighted by Crippen LogP contribution is 2.48. The first-order chi connectivity index (χ1) is 13.5. The number of aryl methyl sites for hydroxylation is 1. The fourth-order valence-electron chi connectivity index (χ4n) is 3.13. The molecule has 29 heavy (non-hydrogen) atoms. The van der Waals surface area contributed by atoms with Crippen LogP contribution in [0.1, 0.15) is 63.2 Å². The second-order valence-electron chi connectivity index (χ2n) is 7.72. The molecule has 8 heteroatoms. The molecule has 1 aliphatic carbocycles. The van der Waals surface area contributed by atoms with Gasteiger partial charge in [-0.05, 0) is 43.9 Å². The Bertz CT molecular complexity index is 804. The van der Waals surface area contributed by atoms with Crippen LogP contribution in [0, 0.1) is 0 Å². The van der Waals surface area contributed by atoms with Crippen molar-refractivity contribution in [3.63, 3.8) is 0 Å². The van der Waals surface area contributed by atoms with Crippen LogP contribution in [-0.2, 0) is 11.8 Å². The quantitative estimate of drug-likeness (QED) is 0.213. The number of hydrogen-bond donors (Lipinski definition) is 2. The van der Waals surface area contributed by atoms with Gasteiger partial charge in [0.15, 0.2) is 11.8 Å². The summed E-state index contributed by atoms with van der Waals surface area (Å²) >= 11 is 6.17. The summed E-state index contributed by atoms with van der Waals surface area (Å²) in [7, 11) is 0. The molecule has 0 atom stereocenters. The molecule has 0 spiro atoms. The summed E-state index contributed by atoms with van der Waals surface area (Å²) in [5.74, 6) is 2.61. The van der Waals surface area contributed by atoms with Gasteiger partial charge in [-0.25, -0.2) is 0 Å². The van der Waals surface area contributed by atoms with E-state index >= 15 is 0 Å². The van der Waals surface area contributed by atoms with Crippen molar-refractivity contribution in [3.05, 3.63) is 46.6 Å². The third-order valence-corrected chi connectivity index (χ3v) is 5.27. The third-order valence-electron chi connectivity index (χ3n) is 5.03. The third kappa shape index (κ3) is 6.84. The lowest BCUT2D eigenvalue weighted by atomic mass is 9.96. The zero-order chi connectivity index (χ0) is 20.0. The molecular formula is C21H31ClIN5O. The van der Waals surface area contributed by atoms with Crippen LogP contribution in [0.25, 0.3) is 0 Å². The highest BCUT2D eigenvalue weighted by atomic mass is 127. The summed E-state index contributed by atoms with van der Waals surface area (Å²) < 4.78 is 5.29. The van der Waals surface area contributed by atoms with Crippen LogP contribution in [-0.4, -0.2) is 35.7 Å². The number of halogens is 2. The molecule has 1 heterocycles. The molecule has 1 aromatic carbocycles. The molecule has 0 unspecified atom stereocenters. The second kappa shape index (κ2) is 11.2. The first-order valence-electron chi connectivity index (χ1n) is 10.1. The normalized spacial score (nSPS) is 15.1. The summed E-state index contributed by atoms with van der Waals surface area (Å²) in [5.41, 5.74) is 1.43. The van der Waals surface area contributed by atoms with Gasteiger partial charge in [-0.2, -0.15) is 4.98 Å². The summed E-state index contributed by atoms with van der Waals surface area (Å²) in [4.78, 5) is 9.24. The van der Waals surface area contributed by atoms with Crippen LogP contribution in [0.2, 0.25) is 5.02 Å². The number of guanidine groups is 1. The SMILES string of the molecule is CCNC(=NCC1(c2cccc(Cl)c2)CC1)NCCCc1nc(C(C)C)no1.I. The molecule has 0 saturated heterocycles. The van der Waals surface area contributed by atoms with Crippen LogP contribution in [0.15, 0.2) is 33.8 Å². The molecule has 160 valence electrons. The lowest BCUT2D eigenvalue weighted by Crippen LogP contribution is -2.38. The van der Waals surface area contributed by atoms with Gasteiger partial charge >= 0.3 is 0 Å². The van der Waals surface area contributed by atoms with E-state index in [1.165, 1.54) is 5.56 Å². The van der Waals surface area contributed by atoms with Crippen molar-refractivity contribution in [2.24, 2.45) is 4.99 Å². The lowest BCUT2D eigenvalue weighted by molar-refractivity contribution is 0.368. The molecule has 6 nitrogen and oxygen atoms in total. The molecule has 2 aromatic rings. The predicted molar refractivity (Wildman–Crippen MR) is 128 cm³/mol. The van der Waals surface area contributed by atoms with E-state index < -0.39 is 0 Å². The smallest absolute Gasteiger partial charge is 0.226 e. The Kier molecular flexibility index (Phi) is 9.20. The second-order valence-corrected chi connectivity index (χ2v) is 8.15. The number of hydrogen-bond acceptors (Lipinski definition) is 4. The highest BCUT2D eigenvalue weighted by Gasteiger charge is 2.44. The number of nitrogens with one attached hydrogen (secondary N) is 2. The van der Waals surface area contributed by atoms with Gasteiger partial charge in [-0.1, -0.05) is 42.7 Å². The Morgan fingerprint density at radius 2 is 2.10 bits per heavy atom. The number of aliphatic imine (C=N–C) groups is 1. The van der Waals surface area contributed by atoms with E-state index in [2.05, 4.69) is 53.7 Å². The van der Waals surface area contributed by atoms with Crippen molar-refractivity contribution >= 4 is 41.5 Å². The fraction of sp³-hybridized carbons (Fsp3) is 0.571. The molecule has 0 aliphatic heterocycles. The maximum Gasteiger partial charge on any atom is 0.226 e. The zero-order valence-corrected chi connectivity index (χ0v) is 20.5. The molecule has 1 saturated carbocycles. The maximum absolute atomic E-state index is 6.17. The van der Waals surface area contributed by atoms with E-state index in [-0.39, 0.29) is 35.3 Å². The van der Waals surface area contributed by atoms with E-state index in [4.69, 9.17) is 21.1 Å². The van der Waals surface area contributed by atoms with Crippen LogP contribution >= 0.6 is 35.6 Å². The number of benzene rings is 1. The van der Waals surface area contributed by atoms with Crippen molar-refractivity contribution in [2.75, 3.05) is 19.6 Å². The molecule has 2 N–H and O–H groups in total. The van der Waals surface area contributed by atoms with Crippen molar-refractivity contribution in [1.82, 2.24) is 20.8 Å². The van der Waals surface area contributed by atoms with E-state index in [9.17, 15) is 0 Å². The van der Waals surface area contributed by atoms with Gasteiger partial charge in [0.25, 0.3) is 0 Å². The lowest BCUT2D eigenvalue weighted by Gasteiger charge is -2.16. The van der Waals surface area contributed by atoms with E-state index in [1.54, 1.807) is 0 Å². The van der Waals surface area contributed by atoms with Gasteiger partial charge in [0.2, 0.25) is 5.89 Å². The number of rotatable bonds is 9. The standard InChI is InChI=1S/C21H30ClN5O.HI/c1-4-23-20(24-12-6-9-18-26-19(15(2)3)27-28-18)25-14-21(10-11-21)16-7-5-8-17(22)13-16;/h5,7-8,13,15H,4,6,9-12,14H2,1-3H3,(H2,23,24,25);1H. The van der Waals surface area contributed by atoms with Gasteiger partial charge in [0.05, 0.1) is 6.54 Å². The van der Waals surface area contributed by atoms with E-state index in [1.807, 2.05) is 12.1 Å². The Morgan fingerprint density at radius 1 is 1.31 bits per heavy atom. The van der Waals surface area contributed by atoms with Crippen LogP contribution in [0.3, 0.4) is 0 Å². The Hall–Kier alpha value is -1.35. The summed E-state index contributed by atoms with van der Waals surface area (Å²) in [6.07, 6.45) is 3.99. The van der Waals surface area contributed by atoms with E-state index in [0.29, 0.717) is 5.89 Å². The molecular weight excluding hydrogens is 501 g/mol. The number of aromatic nitrogens is 2. The molecule has 0 bridgehead atoms. The minimum atomic E-state index is 0. The average Bonchev–Trinajstić information content (AvgIpc) is 3.32. The van der Waals surface area contributed by atoms with Crippen molar-refractivity contribution in [1.29, 1.82) is 0 Å². The molecule has 3 rings (SSSR count). The first kappa shape index (κ1) is 23.9. The largest absolute Gasteiger partial charge is 0.357 e. The van der Waals surface area contributed by atoms with Gasteiger partial charge in [0, 0.05) is 35.9 Å². The average molecular weight is 532 g/mol. The summed E-state index contributed by atoms with van der Waals surface area (Å²) in [6, 6.07) is 8.17. The molecule has 1 aliphatic rings. The van der Waals surface area contributed by atoms with Crippen LogP contribution in [0.4, 0.5) is 0 Å². The van der Waals surface area contributed by atoms with Crippen LogP contribution < -0.4 is 10.6 Å². The molecule has 1 aromatic heterocycles. The first-order valence-corrected chi connectivity index (χ1v) is 10.5. The van der Waals surface area contributed by atoms with Crippen molar-refractivity contribution < 1.29 is 4.52 Å². The molecule has 0 radical (unpaired) electrons. The number of nitrogens with zero attached hydrogens (tertiary/aromatic N) is 3. The van der Waals surface area contributed by atoms with E-state index in [0.717, 1.165) is 62.1 Å². The highest BCUT2D eigenvalue weighted by molar-refractivity contribution is 14.0. The minimum absolute atomic E-state index is 0. The summed E-state index contributed by atoms with van der Waals surface area (Å²) in [5, 5.41) is 11.5. The fourth-order valence-corrected chi connectivity index (χ4v) is 3.32.